The van der Waals surface area contributed by atoms with E-state index >= 15 is 0 Å². The van der Waals surface area contributed by atoms with Crippen molar-refractivity contribution in [2.45, 2.75) is 12.8 Å². The molecule has 1 amide bonds. The number of pyridine rings is 1. The van der Waals surface area contributed by atoms with Crippen molar-refractivity contribution < 1.29 is 13.6 Å². The summed E-state index contributed by atoms with van der Waals surface area (Å²) < 4.78 is 27.2. The van der Waals surface area contributed by atoms with Gasteiger partial charge in [-0.25, -0.2) is 13.8 Å². The molecule has 0 atom stereocenters. The van der Waals surface area contributed by atoms with Gasteiger partial charge in [-0.15, -0.1) is 0 Å². The van der Waals surface area contributed by atoms with Crippen molar-refractivity contribution in [3.8, 4) is 0 Å². The van der Waals surface area contributed by atoms with Gasteiger partial charge in [0.2, 0.25) is 0 Å². The highest BCUT2D eigenvalue weighted by molar-refractivity contribution is 5.94. The Labute approximate surface area is 139 Å². The lowest BCUT2D eigenvalue weighted by molar-refractivity contribution is 0.0936. The molecular formula is C18H19F2N3O. The van der Waals surface area contributed by atoms with Crippen LogP contribution < -0.4 is 10.2 Å². The summed E-state index contributed by atoms with van der Waals surface area (Å²) in [6.07, 6.45) is 3.57. The van der Waals surface area contributed by atoms with E-state index in [0.29, 0.717) is 12.5 Å². The molecule has 1 saturated heterocycles. The maximum Gasteiger partial charge on any atom is 0.257 e. The molecule has 1 aromatic carbocycles. The summed E-state index contributed by atoms with van der Waals surface area (Å²) in [6, 6.07) is 9.23. The third-order valence-corrected chi connectivity index (χ3v) is 4.33. The zero-order valence-corrected chi connectivity index (χ0v) is 13.2. The van der Waals surface area contributed by atoms with Crippen LogP contribution in [0.15, 0.2) is 42.6 Å². The number of halogens is 2. The van der Waals surface area contributed by atoms with Crippen LogP contribution in [0.3, 0.4) is 0 Å². The van der Waals surface area contributed by atoms with Crippen LogP contribution in [0.4, 0.5) is 14.6 Å². The van der Waals surface area contributed by atoms with Crippen LogP contribution in [0.1, 0.15) is 23.2 Å². The second kappa shape index (κ2) is 7.38. The number of anilines is 1. The maximum atomic E-state index is 13.6. The smallest absolute Gasteiger partial charge is 0.257 e. The van der Waals surface area contributed by atoms with Gasteiger partial charge in [0.15, 0.2) is 0 Å². The highest BCUT2D eigenvalue weighted by Gasteiger charge is 2.22. The topological polar surface area (TPSA) is 45.2 Å². The molecule has 24 heavy (non-hydrogen) atoms. The summed E-state index contributed by atoms with van der Waals surface area (Å²) in [5.41, 5.74) is -0.511. The number of hydrogen-bond donors (Lipinski definition) is 1. The molecule has 0 aliphatic carbocycles. The van der Waals surface area contributed by atoms with Gasteiger partial charge >= 0.3 is 0 Å². The molecule has 2 heterocycles. The number of benzene rings is 1. The highest BCUT2D eigenvalue weighted by Crippen LogP contribution is 2.21. The number of nitrogens with zero attached hydrogens (tertiary/aromatic N) is 2. The second-order valence-electron chi connectivity index (χ2n) is 5.93. The molecule has 1 aromatic heterocycles. The fourth-order valence-electron chi connectivity index (χ4n) is 2.95. The predicted octanol–water partition coefficient (Wildman–Crippen LogP) is 3.01. The van der Waals surface area contributed by atoms with Crippen molar-refractivity contribution in [1.82, 2.24) is 10.3 Å². The second-order valence-corrected chi connectivity index (χ2v) is 5.93. The summed E-state index contributed by atoms with van der Waals surface area (Å²) >= 11 is 0. The molecule has 2 aromatic rings. The number of carbonyl (C=O) groups is 1. The van der Waals surface area contributed by atoms with Crippen molar-refractivity contribution in [3.63, 3.8) is 0 Å². The van der Waals surface area contributed by atoms with E-state index in [2.05, 4.69) is 15.2 Å². The van der Waals surface area contributed by atoms with E-state index in [1.807, 2.05) is 18.2 Å². The van der Waals surface area contributed by atoms with Crippen LogP contribution in [0, 0.1) is 17.6 Å². The Balaban J connectivity index is 1.51. The summed E-state index contributed by atoms with van der Waals surface area (Å²) in [4.78, 5) is 18.5. The molecule has 1 fully saturated rings. The monoisotopic (exact) mass is 331 g/mol. The Morgan fingerprint density at radius 2 is 1.83 bits per heavy atom. The standard InChI is InChI=1S/C18H19F2N3O/c19-14-4-3-5-15(20)17(14)18(24)22-12-13-7-10-23(11-8-13)16-6-1-2-9-21-16/h1-6,9,13H,7-8,10-12H2,(H,22,24). The van der Waals surface area contributed by atoms with E-state index in [1.54, 1.807) is 6.20 Å². The molecule has 3 rings (SSSR count). The quantitative estimate of drug-likeness (QED) is 0.937. The molecule has 1 aliphatic heterocycles. The summed E-state index contributed by atoms with van der Waals surface area (Å²) in [6.45, 7) is 2.12. The van der Waals surface area contributed by atoms with E-state index in [9.17, 15) is 13.6 Å². The van der Waals surface area contributed by atoms with Crippen molar-refractivity contribution >= 4 is 11.7 Å². The molecule has 126 valence electrons. The number of nitrogens with one attached hydrogen (secondary N) is 1. The maximum absolute atomic E-state index is 13.6. The lowest BCUT2D eigenvalue weighted by atomic mass is 9.96. The molecule has 6 heteroatoms. The predicted molar refractivity (Wildman–Crippen MR) is 87.9 cm³/mol. The largest absolute Gasteiger partial charge is 0.357 e. The molecule has 0 bridgehead atoms. The van der Waals surface area contributed by atoms with Gasteiger partial charge in [-0.1, -0.05) is 12.1 Å². The third kappa shape index (κ3) is 3.69. The van der Waals surface area contributed by atoms with Crippen LogP contribution >= 0.6 is 0 Å². The number of aromatic nitrogens is 1. The molecule has 0 spiro atoms. The first-order valence-corrected chi connectivity index (χ1v) is 8.03. The van der Waals surface area contributed by atoms with Gasteiger partial charge in [0.25, 0.3) is 5.91 Å². The van der Waals surface area contributed by atoms with Crippen LogP contribution in [-0.4, -0.2) is 30.5 Å². The van der Waals surface area contributed by atoms with Gasteiger partial charge in [-0.2, -0.15) is 0 Å². The zero-order valence-electron chi connectivity index (χ0n) is 13.2. The van der Waals surface area contributed by atoms with E-state index in [1.165, 1.54) is 6.07 Å². The van der Waals surface area contributed by atoms with Gasteiger partial charge in [0.05, 0.1) is 0 Å². The summed E-state index contributed by atoms with van der Waals surface area (Å²) in [5.74, 6) is -1.12. The number of piperidine rings is 1. The van der Waals surface area contributed by atoms with Crippen LogP contribution in [-0.2, 0) is 0 Å². The van der Waals surface area contributed by atoms with E-state index in [4.69, 9.17) is 0 Å². The molecule has 4 nitrogen and oxygen atoms in total. The van der Waals surface area contributed by atoms with Crippen molar-refractivity contribution in [2.75, 3.05) is 24.5 Å². The average molecular weight is 331 g/mol. The Hall–Kier alpha value is -2.50. The number of rotatable bonds is 4. The van der Waals surface area contributed by atoms with Gasteiger partial charge < -0.3 is 10.2 Å². The molecule has 0 unspecified atom stereocenters. The summed E-state index contributed by atoms with van der Waals surface area (Å²) in [7, 11) is 0. The number of carbonyl (C=O) groups excluding carboxylic acids is 1. The van der Waals surface area contributed by atoms with Crippen molar-refractivity contribution in [3.05, 3.63) is 59.8 Å². The average Bonchev–Trinajstić information content (AvgIpc) is 2.61. The molecule has 1 N–H and O–H groups in total. The van der Waals surface area contributed by atoms with Gasteiger partial charge in [-0.3, -0.25) is 4.79 Å². The van der Waals surface area contributed by atoms with E-state index < -0.39 is 23.1 Å². The van der Waals surface area contributed by atoms with Crippen LogP contribution in [0.25, 0.3) is 0 Å². The minimum absolute atomic E-state index is 0.295. The molecule has 1 aliphatic rings. The zero-order chi connectivity index (χ0) is 16.9. The molecular weight excluding hydrogens is 312 g/mol. The Morgan fingerprint density at radius 3 is 2.46 bits per heavy atom. The van der Waals surface area contributed by atoms with Gasteiger partial charge in [-0.05, 0) is 43.0 Å². The van der Waals surface area contributed by atoms with Crippen molar-refractivity contribution in [2.24, 2.45) is 5.92 Å². The minimum Gasteiger partial charge on any atom is -0.357 e. The van der Waals surface area contributed by atoms with Crippen molar-refractivity contribution in [1.29, 1.82) is 0 Å². The fraction of sp³-hybridized carbons (Fsp3) is 0.333. The third-order valence-electron chi connectivity index (χ3n) is 4.33. The van der Waals surface area contributed by atoms with E-state index in [-0.39, 0.29) is 0 Å². The lowest BCUT2D eigenvalue weighted by Gasteiger charge is -2.32. The fourth-order valence-corrected chi connectivity index (χ4v) is 2.95. The van der Waals surface area contributed by atoms with Gasteiger partial charge in [0, 0.05) is 25.8 Å². The molecule has 0 radical (unpaired) electrons. The Kier molecular flexibility index (Phi) is 5.03. The van der Waals surface area contributed by atoms with Crippen LogP contribution in [0.2, 0.25) is 0 Å². The Bertz CT molecular complexity index is 680. The van der Waals surface area contributed by atoms with E-state index in [0.717, 1.165) is 43.9 Å². The first-order chi connectivity index (χ1) is 11.6. The Morgan fingerprint density at radius 1 is 1.12 bits per heavy atom. The number of hydrogen-bond acceptors (Lipinski definition) is 3. The highest BCUT2D eigenvalue weighted by atomic mass is 19.1. The van der Waals surface area contributed by atoms with Gasteiger partial charge in [0.1, 0.15) is 23.0 Å². The SMILES string of the molecule is O=C(NCC1CCN(c2ccccn2)CC1)c1c(F)cccc1F. The van der Waals surface area contributed by atoms with Crippen LogP contribution in [0.5, 0.6) is 0 Å². The first kappa shape index (κ1) is 16.4. The normalized spacial score (nSPS) is 15.3. The molecule has 0 saturated carbocycles. The minimum atomic E-state index is -0.836. The number of amides is 1. The lowest BCUT2D eigenvalue weighted by Crippen LogP contribution is -2.39. The first-order valence-electron chi connectivity index (χ1n) is 8.03. The summed E-state index contributed by atoms with van der Waals surface area (Å²) in [5, 5.41) is 2.65.